The number of nitrogens with zero attached hydrogens (tertiary/aromatic N) is 2. The van der Waals surface area contributed by atoms with Crippen LogP contribution < -0.4 is 10.7 Å². The van der Waals surface area contributed by atoms with Crippen LogP contribution in [0.25, 0.3) is 11.1 Å². The number of oxazole rings is 1. The van der Waals surface area contributed by atoms with Crippen molar-refractivity contribution in [3.05, 3.63) is 39.6 Å². The molecule has 0 spiro atoms. The van der Waals surface area contributed by atoms with Gasteiger partial charge >= 0.3 is 5.76 Å². The van der Waals surface area contributed by atoms with Crippen molar-refractivity contribution in [1.82, 2.24) is 4.57 Å². The third-order valence-electron chi connectivity index (χ3n) is 4.82. The summed E-state index contributed by atoms with van der Waals surface area (Å²) in [6.45, 7) is 2.31. The number of fused-ring (bicyclic) bond motifs is 1. The number of halogens is 1. The van der Waals surface area contributed by atoms with Crippen molar-refractivity contribution in [2.75, 3.05) is 4.90 Å². The standard InChI is InChI=1S/C18H17FN2O4/c1-2-7-20-14-9-13(12(19)8-15(14)25-18(20)24)21-16(22)10-5-3-4-6-11(10)17(21)23/h8-9H,2-7H2,1H3. The highest BCUT2D eigenvalue weighted by molar-refractivity contribution is 6.33. The Morgan fingerprint density at radius 1 is 1.08 bits per heavy atom. The van der Waals surface area contributed by atoms with Crippen LogP contribution in [0.5, 0.6) is 0 Å². The Morgan fingerprint density at radius 3 is 2.32 bits per heavy atom. The fourth-order valence-electron chi connectivity index (χ4n) is 3.64. The summed E-state index contributed by atoms with van der Waals surface area (Å²) in [5.41, 5.74) is 1.36. The van der Waals surface area contributed by atoms with Gasteiger partial charge in [0.05, 0.1) is 11.2 Å². The molecule has 0 saturated carbocycles. The van der Waals surface area contributed by atoms with E-state index >= 15 is 0 Å². The van der Waals surface area contributed by atoms with E-state index in [-0.39, 0.29) is 11.3 Å². The summed E-state index contributed by atoms with van der Waals surface area (Å²) in [4.78, 5) is 38.1. The topological polar surface area (TPSA) is 72.5 Å². The molecule has 0 saturated heterocycles. The second-order valence-corrected chi connectivity index (χ2v) is 6.40. The average molecular weight is 344 g/mol. The molecule has 0 radical (unpaired) electrons. The van der Waals surface area contributed by atoms with E-state index in [1.807, 2.05) is 6.92 Å². The molecule has 2 aliphatic rings. The summed E-state index contributed by atoms with van der Waals surface area (Å²) >= 11 is 0. The number of aryl methyl sites for hydroxylation is 1. The first kappa shape index (κ1) is 15.8. The fourth-order valence-corrected chi connectivity index (χ4v) is 3.64. The number of carbonyl (C=O) groups excluding carboxylic acids is 2. The Kier molecular flexibility index (Phi) is 3.59. The van der Waals surface area contributed by atoms with E-state index in [2.05, 4.69) is 0 Å². The van der Waals surface area contributed by atoms with Gasteiger partial charge in [0, 0.05) is 23.8 Å². The van der Waals surface area contributed by atoms with Gasteiger partial charge in [0.25, 0.3) is 11.8 Å². The van der Waals surface area contributed by atoms with Crippen molar-refractivity contribution in [2.24, 2.45) is 0 Å². The van der Waals surface area contributed by atoms with Crippen LogP contribution in [-0.2, 0) is 16.1 Å². The van der Waals surface area contributed by atoms with Crippen LogP contribution in [0.3, 0.4) is 0 Å². The summed E-state index contributed by atoms with van der Waals surface area (Å²) in [6.07, 6.45) is 3.49. The summed E-state index contributed by atoms with van der Waals surface area (Å²) in [5, 5.41) is 0. The van der Waals surface area contributed by atoms with Crippen LogP contribution in [0, 0.1) is 5.82 Å². The lowest BCUT2D eigenvalue weighted by molar-refractivity contribution is -0.120. The van der Waals surface area contributed by atoms with E-state index in [9.17, 15) is 18.8 Å². The molecule has 0 N–H and O–H groups in total. The molecule has 1 aliphatic heterocycles. The molecule has 0 fully saturated rings. The van der Waals surface area contributed by atoms with Gasteiger partial charge in [-0.05, 0) is 38.2 Å². The Hall–Kier alpha value is -2.70. The normalized spacial score (nSPS) is 17.8. The van der Waals surface area contributed by atoms with Crippen molar-refractivity contribution in [2.45, 2.75) is 45.6 Å². The summed E-state index contributed by atoms with van der Waals surface area (Å²) in [6, 6.07) is 2.43. The first-order valence-corrected chi connectivity index (χ1v) is 8.46. The van der Waals surface area contributed by atoms with E-state index in [0.29, 0.717) is 42.5 Å². The van der Waals surface area contributed by atoms with Gasteiger partial charge in [-0.1, -0.05) is 6.92 Å². The third kappa shape index (κ3) is 2.26. The van der Waals surface area contributed by atoms with Crippen molar-refractivity contribution in [1.29, 1.82) is 0 Å². The minimum atomic E-state index is -0.758. The van der Waals surface area contributed by atoms with Gasteiger partial charge in [0.2, 0.25) is 0 Å². The van der Waals surface area contributed by atoms with E-state index < -0.39 is 23.4 Å². The molecule has 1 aromatic carbocycles. The average Bonchev–Trinajstić information content (AvgIpc) is 3.03. The van der Waals surface area contributed by atoms with Crippen LogP contribution in [0.2, 0.25) is 0 Å². The molecular weight excluding hydrogens is 327 g/mol. The molecule has 25 heavy (non-hydrogen) atoms. The Bertz CT molecular complexity index is 970. The van der Waals surface area contributed by atoms with Gasteiger partial charge in [-0.25, -0.2) is 14.1 Å². The summed E-state index contributed by atoms with van der Waals surface area (Å²) in [5.74, 6) is -2.24. The second kappa shape index (κ2) is 5.68. The maximum atomic E-state index is 14.6. The molecule has 4 rings (SSSR count). The van der Waals surface area contributed by atoms with Crippen LogP contribution in [0.4, 0.5) is 10.1 Å². The number of aromatic nitrogens is 1. The molecule has 7 heteroatoms. The molecule has 130 valence electrons. The highest BCUT2D eigenvalue weighted by Crippen LogP contribution is 2.37. The number of benzene rings is 1. The monoisotopic (exact) mass is 344 g/mol. The highest BCUT2D eigenvalue weighted by atomic mass is 19.1. The molecule has 0 atom stereocenters. The maximum absolute atomic E-state index is 14.6. The van der Waals surface area contributed by atoms with E-state index in [1.165, 1.54) is 10.6 Å². The molecular formula is C18H17FN2O4. The first-order valence-electron chi connectivity index (χ1n) is 8.46. The smallest absolute Gasteiger partial charge is 0.408 e. The Balaban J connectivity index is 1.86. The fraction of sp³-hybridized carbons (Fsp3) is 0.389. The lowest BCUT2D eigenvalue weighted by Gasteiger charge is -2.16. The van der Waals surface area contributed by atoms with Gasteiger partial charge < -0.3 is 4.42 Å². The van der Waals surface area contributed by atoms with Crippen molar-refractivity contribution < 1.29 is 18.4 Å². The minimum Gasteiger partial charge on any atom is -0.408 e. The number of imide groups is 1. The zero-order valence-corrected chi connectivity index (χ0v) is 13.8. The summed E-state index contributed by atoms with van der Waals surface area (Å²) in [7, 11) is 0. The molecule has 0 unspecified atom stereocenters. The Morgan fingerprint density at radius 2 is 1.72 bits per heavy atom. The number of hydrogen-bond acceptors (Lipinski definition) is 4. The number of anilines is 1. The zero-order valence-electron chi connectivity index (χ0n) is 13.8. The van der Waals surface area contributed by atoms with Gasteiger partial charge in [-0.3, -0.25) is 14.2 Å². The molecule has 1 aliphatic carbocycles. The van der Waals surface area contributed by atoms with Gasteiger partial charge in [0.1, 0.15) is 0 Å². The molecule has 1 aromatic heterocycles. The molecule has 2 aromatic rings. The third-order valence-corrected chi connectivity index (χ3v) is 4.82. The quantitative estimate of drug-likeness (QED) is 0.803. The van der Waals surface area contributed by atoms with Gasteiger partial charge in [-0.2, -0.15) is 0 Å². The summed E-state index contributed by atoms with van der Waals surface area (Å²) < 4.78 is 21.0. The number of rotatable bonds is 3. The maximum Gasteiger partial charge on any atom is 0.419 e. The number of carbonyl (C=O) groups is 2. The van der Waals surface area contributed by atoms with Crippen molar-refractivity contribution >= 4 is 28.6 Å². The number of hydrogen-bond donors (Lipinski definition) is 0. The van der Waals surface area contributed by atoms with Crippen LogP contribution in [0.15, 0.2) is 32.5 Å². The largest absolute Gasteiger partial charge is 0.419 e. The van der Waals surface area contributed by atoms with Gasteiger partial charge in [0.15, 0.2) is 11.4 Å². The molecule has 0 bridgehead atoms. The predicted octanol–water partition coefficient (Wildman–Crippen LogP) is 2.89. The lowest BCUT2D eigenvalue weighted by atomic mass is 9.93. The number of amides is 2. The van der Waals surface area contributed by atoms with Crippen molar-refractivity contribution in [3.8, 4) is 0 Å². The van der Waals surface area contributed by atoms with Crippen LogP contribution >= 0.6 is 0 Å². The second-order valence-electron chi connectivity index (χ2n) is 6.40. The van der Waals surface area contributed by atoms with Crippen LogP contribution in [0.1, 0.15) is 39.0 Å². The Labute approximate surface area is 142 Å². The molecule has 2 heterocycles. The first-order chi connectivity index (χ1) is 12.0. The van der Waals surface area contributed by atoms with E-state index in [1.54, 1.807) is 0 Å². The highest BCUT2D eigenvalue weighted by Gasteiger charge is 2.41. The molecule has 2 amide bonds. The van der Waals surface area contributed by atoms with Crippen LogP contribution in [-0.4, -0.2) is 16.4 Å². The molecule has 6 nitrogen and oxygen atoms in total. The lowest BCUT2D eigenvalue weighted by Crippen LogP contribution is -2.32. The zero-order chi connectivity index (χ0) is 17.7. The van der Waals surface area contributed by atoms with Gasteiger partial charge in [-0.15, -0.1) is 0 Å². The van der Waals surface area contributed by atoms with E-state index in [0.717, 1.165) is 23.8 Å². The SMILES string of the molecule is CCCn1c(=O)oc2cc(F)c(N3C(=O)C4=C(CCCC4)C3=O)cc21. The van der Waals surface area contributed by atoms with Crippen molar-refractivity contribution in [3.63, 3.8) is 0 Å². The van der Waals surface area contributed by atoms with E-state index in [4.69, 9.17) is 4.42 Å². The minimum absolute atomic E-state index is 0.108. The predicted molar refractivity (Wildman–Crippen MR) is 88.7 cm³/mol.